The third kappa shape index (κ3) is 4.34. The minimum atomic E-state index is 0.151. The van der Waals surface area contributed by atoms with Crippen LogP contribution in [0.4, 0.5) is 5.69 Å². The summed E-state index contributed by atoms with van der Waals surface area (Å²) in [5.41, 5.74) is 3.40. The first-order chi connectivity index (χ1) is 13.2. The fourth-order valence-corrected chi connectivity index (χ4v) is 3.41. The second-order valence-corrected chi connectivity index (χ2v) is 7.06. The number of hydrogen-bond donors (Lipinski definition) is 1. The predicted octanol–water partition coefficient (Wildman–Crippen LogP) is 2.48. The molecule has 0 atom stereocenters. The molecule has 0 bridgehead atoms. The van der Waals surface area contributed by atoms with Gasteiger partial charge in [0.05, 0.1) is 6.54 Å². The van der Waals surface area contributed by atoms with Gasteiger partial charge in [0.15, 0.2) is 11.5 Å². The molecule has 0 radical (unpaired) electrons. The van der Waals surface area contributed by atoms with E-state index in [1.165, 1.54) is 11.1 Å². The molecule has 27 heavy (non-hydrogen) atoms. The number of carbonyl (C=O) groups is 1. The molecule has 1 fully saturated rings. The van der Waals surface area contributed by atoms with Gasteiger partial charge in [-0.2, -0.15) is 0 Å². The number of benzene rings is 2. The van der Waals surface area contributed by atoms with E-state index in [9.17, 15) is 4.79 Å². The Morgan fingerprint density at radius 3 is 2.52 bits per heavy atom. The third-order valence-corrected chi connectivity index (χ3v) is 5.06. The Kier molecular flexibility index (Phi) is 5.16. The highest BCUT2D eigenvalue weighted by molar-refractivity contribution is 5.81. The number of rotatable bonds is 5. The zero-order valence-corrected chi connectivity index (χ0v) is 15.6. The summed E-state index contributed by atoms with van der Waals surface area (Å²) in [7, 11) is 0. The summed E-state index contributed by atoms with van der Waals surface area (Å²) < 4.78 is 10.8. The number of nitrogens with zero attached hydrogens (tertiary/aromatic N) is 2. The van der Waals surface area contributed by atoms with Gasteiger partial charge >= 0.3 is 0 Å². The highest BCUT2D eigenvalue weighted by Crippen LogP contribution is 2.32. The van der Waals surface area contributed by atoms with Crippen LogP contribution in [0.1, 0.15) is 11.1 Å². The van der Waals surface area contributed by atoms with Crippen molar-refractivity contribution >= 4 is 11.6 Å². The van der Waals surface area contributed by atoms with E-state index >= 15 is 0 Å². The number of nitrogens with one attached hydrogen (secondary N) is 1. The van der Waals surface area contributed by atoms with Crippen molar-refractivity contribution in [2.24, 2.45) is 0 Å². The summed E-state index contributed by atoms with van der Waals surface area (Å²) in [6, 6.07) is 14.2. The number of fused-ring (bicyclic) bond motifs is 1. The molecule has 142 valence electrons. The lowest BCUT2D eigenvalue weighted by atomic mass is 10.1. The largest absolute Gasteiger partial charge is 0.454 e. The lowest BCUT2D eigenvalue weighted by Crippen LogP contribution is -2.49. The van der Waals surface area contributed by atoms with Gasteiger partial charge in [-0.3, -0.25) is 9.69 Å². The quantitative estimate of drug-likeness (QED) is 0.880. The van der Waals surface area contributed by atoms with E-state index in [0.717, 1.165) is 49.9 Å². The van der Waals surface area contributed by atoms with Gasteiger partial charge < -0.3 is 19.7 Å². The minimum absolute atomic E-state index is 0.151. The van der Waals surface area contributed by atoms with Crippen LogP contribution >= 0.6 is 0 Å². The molecular weight excluding hydrogens is 342 g/mol. The fraction of sp³-hybridized carbons (Fsp3) is 0.381. The van der Waals surface area contributed by atoms with E-state index in [1.807, 2.05) is 41.3 Å². The Hall–Kier alpha value is -2.73. The van der Waals surface area contributed by atoms with Crippen LogP contribution in [0.3, 0.4) is 0 Å². The molecule has 0 aromatic heterocycles. The minimum Gasteiger partial charge on any atom is -0.454 e. The molecule has 1 N–H and O–H groups in total. The number of anilines is 1. The Bertz CT molecular complexity index is 799. The van der Waals surface area contributed by atoms with Gasteiger partial charge in [-0.15, -0.1) is 0 Å². The van der Waals surface area contributed by atoms with Crippen molar-refractivity contribution in [2.45, 2.75) is 13.5 Å². The van der Waals surface area contributed by atoms with Crippen LogP contribution in [0.2, 0.25) is 0 Å². The third-order valence-electron chi connectivity index (χ3n) is 5.06. The van der Waals surface area contributed by atoms with Crippen LogP contribution in [-0.4, -0.2) is 55.2 Å². The zero-order chi connectivity index (χ0) is 18.6. The van der Waals surface area contributed by atoms with Gasteiger partial charge in [-0.25, -0.2) is 0 Å². The highest BCUT2D eigenvalue weighted by atomic mass is 16.7. The van der Waals surface area contributed by atoms with Crippen LogP contribution in [0.15, 0.2) is 42.5 Å². The predicted molar refractivity (Wildman–Crippen MR) is 104 cm³/mol. The average Bonchev–Trinajstić information content (AvgIpc) is 3.16. The summed E-state index contributed by atoms with van der Waals surface area (Å²) in [6.07, 6.45) is 0. The average molecular weight is 367 g/mol. The summed E-state index contributed by atoms with van der Waals surface area (Å²) in [5.74, 6) is 1.79. The van der Waals surface area contributed by atoms with Crippen molar-refractivity contribution < 1.29 is 14.3 Å². The lowest BCUT2D eigenvalue weighted by Gasteiger charge is -2.35. The maximum absolute atomic E-state index is 12.4. The van der Waals surface area contributed by atoms with E-state index in [1.54, 1.807) is 0 Å². The molecule has 1 saturated heterocycles. The first-order valence-electron chi connectivity index (χ1n) is 9.36. The Labute approximate surface area is 159 Å². The van der Waals surface area contributed by atoms with Crippen molar-refractivity contribution in [1.82, 2.24) is 9.80 Å². The van der Waals surface area contributed by atoms with E-state index in [4.69, 9.17) is 9.47 Å². The van der Waals surface area contributed by atoms with Crippen LogP contribution in [0, 0.1) is 6.92 Å². The molecule has 0 unspecified atom stereocenters. The van der Waals surface area contributed by atoms with Gasteiger partial charge in [0.25, 0.3) is 0 Å². The van der Waals surface area contributed by atoms with Crippen molar-refractivity contribution in [1.29, 1.82) is 0 Å². The van der Waals surface area contributed by atoms with Crippen LogP contribution < -0.4 is 14.8 Å². The Morgan fingerprint density at radius 2 is 1.74 bits per heavy atom. The van der Waals surface area contributed by atoms with Crippen LogP contribution in [0.5, 0.6) is 11.5 Å². The second-order valence-electron chi connectivity index (χ2n) is 7.06. The first kappa shape index (κ1) is 17.7. The molecule has 6 nitrogen and oxygen atoms in total. The van der Waals surface area contributed by atoms with Crippen LogP contribution in [0.25, 0.3) is 0 Å². The van der Waals surface area contributed by atoms with Gasteiger partial charge in [0, 0.05) is 38.4 Å². The smallest absolute Gasteiger partial charge is 0.241 e. The number of amides is 1. The molecule has 0 spiro atoms. The maximum atomic E-state index is 12.4. The van der Waals surface area contributed by atoms with Crippen molar-refractivity contribution in [3.63, 3.8) is 0 Å². The van der Waals surface area contributed by atoms with Crippen molar-refractivity contribution in [3.8, 4) is 11.5 Å². The maximum Gasteiger partial charge on any atom is 0.241 e. The van der Waals surface area contributed by atoms with Gasteiger partial charge in [0.1, 0.15) is 0 Å². The van der Waals surface area contributed by atoms with E-state index in [-0.39, 0.29) is 5.91 Å². The summed E-state index contributed by atoms with van der Waals surface area (Å²) in [5, 5.41) is 3.21. The standard InChI is InChI=1S/C21H25N3O3/c1-16-2-5-18(6-3-16)22-13-21(25)24-10-8-23(9-11-24)14-17-4-7-19-20(12-17)27-15-26-19/h2-7,12,22H,8-11,13-15H2,1H3. The molecule has 1 amide bonds. The molecule has 0 saturated carbocycles. The van der Waals surface area contributed by atoms with Crippen molar-refractivity contribution in [2.75, 3.05) is 44.8 Å². The van der Waals surface area contributed by atoms with Gasteiger partial charge in [-0.1, -0.05) is 23.8 Å². The van der Waals surface area contributed by atoms with Gasteiger partial charge in [-0.05, 0) is 36.8 Å². The van der Waals surface area contributed by atoms with Crippen molar-refractivity contribution in [3.05, 3.63) is 53.6 Å². The zero-order valence-electron chi connectivity index (χ0n) is 15.6. The number of hydrogen-bond acceptors (Lipinski definition) is 5. The second kappa shape index (κ2) is 7.88. The summed E-state index contributed by atoms with van der Waals surface area (Å²) in [4.78, 5) is 16.8. The molecule has 2 aliphatic heterocycles. The SMILES string of the molecule is Cc1ccc(NCC(=O)N2CCN(Cc3ccc4c(c3)OCO4)CC2)cc1. The molecule has 6 heteroatoms. The van der Waals surface area contributed by atoms with E-state index < -0.39 is 0 Å². The number of carbonyl (C=O) groups excluding carboxylic acids is 1. The monoisotopic (exact) mass is 367 g/mol. The molecular formula is C21H25N3O3. The molecule has 2 aromatic rings. The number of ether oxygens (including phenoxy) is 2. The topological polar surface area (TPSA) is 54.0 Å². The normalized spacial score (nSPS) is 16.4. The first-order valence-corrected chi connectivity index (χ1v) is 9.36. The number of piperazine rings is 1. The molecule has 4 rings (SSSR count). The lowest BCUT2D eigenvalue weighted by molar-refractivity contribution is -0.131. The molecule has 2 heterocycles. The summed E-state index contributed by atoms with van der Waals surface area (Å²) >= 11 is 0. The molecule has 0 aliphatic carbocycles. The van der Waals surface area contributed by atoms with Crippen LogP contribution in [-0.2, 0) is 11.3 Å². The molecule has 2 aliphatic rings. The number of aryl methyl sites for hydroxylation is 1. The fourth-order valence-electron chi connectivity index (χ4n) is 3.41. The van der Waals surface area contributed by atoms with E-state index in [2.05, 4.69) is 23.2 Å². The Balaban J connectivity index is 1.23. The van der Waals surface area contributed by atoms with Gasteiger partial charge in [0.2, 0.25) is 12.7 Å². The Morgan fingerprint density at radius 1 is 1.00 bits per heavy atom. The summed E-state index contributed by atoms with van der Waals surface area (Å²) in [6.45, 7) is 6.84. The highest BCUT2D eigenvalue weighted by Gasteiger charge is 2.21. The van der Waals surface area contributed by atoms with E-state index in [0.29, 0.717) is 13.3 Å². The molecule has 2 aromatic carbocycles.